The van der Waals surface area contributed by atoms with Crippen LogP contribution in [-0.2, 0) is 17.8 Å². The smallest absolute Gasteiger partial charge is 0.225 e. The van der Waals surface area contributed by atoms with Crippen molar-refractivity contribution in [2.75, 3.05) is 25.1 Å². The number of thiophene rings is 1. The molecule has 7 heteroatoms. The SMILES string of the molecule is CCc1cc2c(N3CCC[C@@H](C(=O)NCc4ccc(OC)cc4)C3)ncnc2s1. The Morgan fingerprint density at radius 3 is 2.90 bits per heavy atom. The highest BCUT2D eigenvalue weighted by molar-refractivity contribution is 7.18. The van der Waals surface area contributed by atoms with Crippen molar-refractivity contribution in [1.29, 1.82) is 0 Å². The van der Waals surface area contributed by atoms with Gasteiger partial charge in [-0.15, -0.1) is 11.3 Å². The number of fused-ring (bicyclic) bond motifs is 1. The molecule has 152 valence electrons. The average molecular weight is 411 g/mol. The lowest BCUT2D eigenvalue weighted by atomic mass is 9.97. The summed E-state index contributed by atoms with van der Waals surface area (Å²) < 4.78 is 5.18. The molecule has 4 rings (SSSR count). The van der Waals surface area contributed by atoms with Gasteiger partial charge in [-0.05, 0) is 43.0 Å². The van der Waals surface area contributed by atoms with Crippen molar-refractivity contribution < 1.29 is 9.53 Å². The summed E-state index contributed by atoms with van der Waals surface area (Å²) in [7, 11) is 1.65. The first-order chi connectivity index (χ1) is 14.2. The Hall–Kier alpha value is -2.67. The fraction of sp³-hybridized carbons (Fsp3) is 0.409. The molecule has 0 bridgehead atoms. The minimum atomic E-state index is -0.0312. The van der Waals surface area contributed by atoms with Gasteiger partial charge in [0.25, 0.3) is 0 Å². The van der Waals surface area contributed by atoms with E-state index in [1.54, 1.807) is 24.8 Å². The molecule has 2 aromatic heterocycles. The van der Waals surface area contributed by atoms with Gasteiger partial charge >= 0.3 is 0 Å². The molecular weight excluding hydrogens is 384 g/mol. The van der Waals surface area contributed by atoms with Gasteiger partial charge in [0, 0.05) is 24.5 Å². The highest BCUT2D eigenvalue weighted by Crippen LogP contribution is 2.32. The number of methoxy groups -OCH3 is 1. The molecule has 1 N–H and O–H groups in total. The summed E-state index contributed by atoms with van der Waals surface area (Å²) in [5, 5.41) is 4.20. The number of amides is 1. The van der Waals surface area contributed by atoms with Gasteiger partial charge in [-0.1, -0.05) is 19.1 Å². The molecule has 1 saturated heterocycles. The third-order valence-electron chi connectivity index (χ3n) is 5.43. The first kappa shape index (κ1) is 19.6. The van der Waals surface area contributed by atoms with E-state index in [1.807, 2.05) is 24.3 Å². The minimum Gasteiger partial charge on any atom is -0.497 e. The maximum Gasteiger partial charge on any atom is 0.225 e. The number of benzene rings is 1. The Balaban J connectivity index is 1.42. The maximum absolute atomic E-state index is 12.8. The van der Waals surface area contributed by atoms with Gasteiger partial charge in [0.15, 0.2) is 0 Å². The van der Waals surface area contributed by atoms with Crippen molar-refractivity contribution in [3.63, 3.8) is 0 Å². The molecule has 0 saturated carbocycles. The van der Waals surface area contributed by atoms with Crippen LogP contribution in [0.1, 0.15) is 30.2 Å². The lowest BCUT2D eigenvalue weighted by Gasteiger charge is -2.33. The van der Waals surface area contributed by atoms with Crippen LogP contribution >= 0.6 is 11.3 Å². The van der Waals surface area contributed by atoms with E-state index in [0.29, 0.717) is 13.1 Å². The van der Waals surface area contributed by atoms with E-state index in [0.717, 1.165) is 53.2 Å². The number of carbonyl (C=O) groups is 1. The summed E-state index contributed by atoms with van der Waals surface area (Å²) >= 11 is 1.72. The standard InChI is InChI=1S/C22H26N4O2S/c1-3-18-11-19-20(24-14-25-22(19)29-18)26-10-4-5-16(13-26)21(27)23-12-15-6-8-17(28-2)9-7-15/h6-9,11,14,16H,3-5,10,12-13H2,1-2H3,(H,23,27)/t16-/m1/s1. The molecule has 0 spiro atoms. The molecule has 0 radical (unpaired) electrons. The van der Waals surface area contributed by atoms with Gasteiger partial charge in [-0.3, -0.25) is 4.79 Å². The molecule has 29 heavy (non-hydrogen) atoms. The number of hydrogen-bond acceptors (Lipinski definition) is 6. The summed E-state index contributed by atoms with van der Waals surface area (Å²) in [5.74, 6) is 1.85. The van der Waals surface area contributed by atoms with Crippen molar-refractivity contribution in [1.82, 2.24) is 15.3 Å². The Kier molecular flexibility index (Phi) is 5.94. The molecule has 1 fully saturated rings. The van der Waals surface area contributed by atoms with Crippen LogP contribution in [0.15, 0.2) is 36.7 Å². The summed E-state index contributed by atoms with van der Waals surface area (Å²) in [6, 6.07) is 9.98. The van der Waals surface area contributed by atoms with Crippen LogP contribution in [0.4, 0.5) is 5.82 Å². The van der Waals surface area contributed by atoms with Crippen molar-refractivity contribution in [2.24, 2.45) is 5.92 Å². The molecule has 1 aliphatic heterocycles. The largest absolute Gasteiger partial charge is 0.497 e. The van der Waals surface area contributed by atoms with E-state index >= 15 is 0 Å². The lowest BCUT2D eigenvalue weighted by molar-refractivity contribution is -0.125. The number of piperidine rings is 1. The fourth-order valence-corrected chi connectivity index (χ4v) is 4.71. The molecule has 0 unspecified atom stereocenters. The van der Waals surface area contributed by atoms with Crippen molar-refractivity contribution in [2.45, 2.75) is 32.7 Å². The van der Waals surface area contributed by atoms with Gasteiger partial charge in [-0.2, -0.15) is 0 Å². The quantitative estimate of drug-likeness (QED) is 0.670. The zero-order valence-corrected chi connectivity index (χ0v) is 17.7. The van der Waals surface area contributed by atoms with E-state index in [4.69, 9.17) is 4.74 Å². The molecule has 1 atom stereocenters. The van der Waals surface area contributed by atoms with Crippen molar-refractivity contribution in [3.8, 4) is 5.75 Å². The number of nitrogens with zero attached hydrogens (tertiary/aromatic N) is 3. The second kappa shape index (κ2) is 8.78. The molecule has 1 aliphatic rings. The fourth-order valence-electron chi connectivity index (χ4n) is 3.78. The van der Waals surface area contributed by atoms with E-state index < -0.39 is 0 Å². The van der Waals surface area contributed by atoms with Crippen LogP contribution < -0.4 is 15.0 Å². The highest BCUT2D eigenvalue weighted by atomic mass is 32.1. The highest BCUT2D eigenvalue weighted by Gasteiger charge is 2.27. The van der Waals surface area contributed by atoms with Crippen LogP contribution in [-0.4, -0.2) is 36.1 Å². The lowest BCUT2D eigenvalue weighted by Crippen LogP contribution is -2.43. The summed E-state index contributed by atoms with van der Waals surface area (Å²) in [6.45, 7) is 4.30. The predicted octanol–water partition coefficient (Wildman–Crippen LogP) is 3.80. The normalized spacial score (nSPS) is 16.8. The third kappa shape index (κ3) is 4.34. The molecule has 3 aromatic rings. The van der Waals surface area contributed by atoms with Crippen LogP contribution in [0.5, 0.6) is 5.75 Å². The maximum atomic E-state index is 12.8. The Morgan fingerprint density at radius 1 is 1.31 bits per heavy atom. The summed E-state index contributed by atoms with van der Waals surface area (Å²) in [6.07, 6.45) is 4.53. The molecule has 3 heterocycles. The van der Waals surface area contributed by atoms with Gasteiger partial charge < -0.3 is 15.0 Å². The first-order valence-corrected chi connectivity index (χ1v) is 10.9. The second-order valence-corrected chi connectivity index (χ2v) is 8.45. The molecule has 1 amide bonds. The topological polar surface area (TPSA) is 67.4 Å². The number of hydrogen-bond donors (Lipinski definition) is 1. The van der Waals surface area contributed by atoms with Crippen molar-refractivity contribution >= 4 is 33.3 Å². The van der Waals surface area contributed by atoms with Crippen LogP contribution in [0.25, 0.3) is 10.2 Å². The van der Waals surface area contributed by atoms with Crippen LogP contribution in [0, 0.1) is 5.92 Å². The number of anilines is 1. The summed E-state index contributed by atoms with van der Waals surface area (Å²) in [4.78, 5) is 26.4. The number of carbonyl (C=O) groups excluding carboxylic acids is 1. The Morgan fingerprint density at radius 2 is 2.14 bits per heavy atom. The van der Waals surface area contributed by atoms with Gasteiger partial charge in [0.1, 0.15) is 22.7 Å². The number of nitrogens with one attached hydrogen (secondary N) is 1. The second-order valence-electron chi connectivity index (χ2n) is 7.33. The number of ether oxygens (including phenoxy) is 1. The first-order valence-electron chi connectivity index (χ1n) is 10.1. The van der Waals surface area contributed by atoms with Crippen LogP contribution in [0.3, 0.4) is 0 Å². The van der Waals surface area contributed by atoms with Gasteiger partial charge in [0.05, 0.1) is 18.4 Å². The zero-order chi connectivity index (χ0) is 20.2. The van der Waals surface area contributed by atoms with E-state index in [-0.39, 0.29) is 11.8 Å². The number of aromatic nitrogens is 2. The number of rotatable bonds is 6. The zero-order valence-electron chi connectivity index (χ0n) is 16.9. The number of aryl methyl sites for hydroxylation is 1. The van der Waals surface area contributed by atoms with E-state index in [1.165, 1.54) is 4.88 Å². The monoisotopic (exact) mass is 410 g/mol. The average Bonchev–Trinajstić information content (AvgIpc) is 3.21. The third-order valence-corrected chi connectivity index (χ3v) is 6.61. The van der Waals surface area contributed by atoms with Crippen LogP contribution in [0.2, 0.25) is 0 Å². The predicted molar refractivity (Wildman–Crippen MR) is 117 cm³/mol. The van der Waals surface area contributed by atoms with Gasteiger partial charge in [0.2, 0.25) is 5.91 Å². The van der Waals surface area contributed by atoms with Gasteiger partial charge in [-0.25, -0.2) is 9.97 Å². The Bertz CT molecular complexity index is 986. The summed E-state index contributed by atoms with van der Waals surface area (Å²) in [5.41, 5.74) is 1.06. The Labute approximate surface area is 174 Å². The molecule has 6 nitrogen and oxygen atoms in total. The molecule has 0 aliphatic carbocycles. The van der Waals surface area contributed by atoms with E-state index in [2.05, 4.69) is 33.2 Å². The molecule has 1 aromatic carbocycles. The van der Waals surface area contributed by atoms with Crippen molar-refractivity contribution in [3.05, 3.63) is 47.1 Å². The van der Waals surface area contributed by atoms with E-state index in [9.17, 15) is 4.79 Å². The molecular formula is C22H26N4O2S. The minimum absolute atomic E-state index is 0.0312.